The van der Waals surface area contributed by atoms with Crippen LogP contribution in [0.25, 0.3) is 0 Å². The van der Waals surface area contributed by atoms with Crippen molar-refractivity contribution in [2.45, 2.75) is 12.5 Å². The lowest BCUT2D eigenvalue weighted by molar-refractivity contribution is -0.0228. The minimum absolute atomic E-state index is 0.0646. The Labute approximate surface area is 160 Å². The van der Waals surface area contributed by atoms with Crippen LogP contribution < -0.4 is 0 Å². The van der Waals surface area contributed by atoms with E-state index in [4.69, 9.17) is 4.74 Å². The van der Waals surface area contributed by atoms with Crippen molar-refractivity contribution in [1.29, 1.82) is 0 Å². The molecule has 3 nitrogen and oxygen atoms in total. The van der Waals surface area contributed by atoms with Crippen LogP contribution in [0.4, 0.5) is 0 Å². The van der Waals surface area contributed by atoms with E-state index >= 15 is 0 Å². The van der Waals surface area contributed by atoms with Crippen LogP contribution in [0, 0.1) is 0 Å². The molecule has 0 aliphatic carbocycles. The fourth-order valence-electron chi connectivity index (χ4n) is 3.57. The number of morpholine rings is 1. The Morgan fingerprint density at radius 2 is 1.56 bits per heavy atom. The molecule has 3 heteroatoms. The van der Waals surface area contributed by atoms with Gasteiger partial charge in [0.2, 0.25) is 0 Å². The molecule has 136 valence electrons. The lowest BCUT2D eigenvalue weighted by atomic mass is 9.98. The van der Waals surface area contributed by atoms with Crippen LogP contribution in [0.3, 0.4) is 0 Å². The van der Waals surface area contributed by atoms with E-state index < -0.39 is 0 Å². The van der Waals surface area contributed by atoms with E-state index in [2.05, 4.69) is 30.3 Å². The summed E-state index contributed by atoms with van der Waals surface area (Å²) < 4.78 is 5.91. The van der Waals surface area contributed by atoms with E-state index in [-0.39, 0.29) is 12.0 Å². The highest BCUT2D eigenvalue weighted by Gasteiger charge is 2.27. The topological polar surface area (TPSA) is 29.5 Å². The van der Waals surface area contributed by atoms with Gasteiger partial charge in [0.15, 0.2) is 0 Å². The largest absolute Gasteiger partial charge is 0.370 e. The van der Waals surface area contributed by atoms with Gasteiger partial charge in [-0.05, 0) is 29.2 Å². The Balaban J connectivity index is 1.54. The Morgan fingerprint density at radius 1 is 0.889 bits per heavy atom. The molecule has 1 amide bonds. The number of carbonyl (C=O) groups is 1. The van der Waals surface area contributed by atoms with Gasteiger partial charge in [0, 0.05) is 12.1 Å². The fraction of sp³-hybridized carbons (Fsp3) is 0.208. The molecule has 1 fully saturated rings. The van der Waals surface area contributed by atoms with Crippen LogP contribution in [-0.2, 0) is 11.2 Å². The van der Waals surface area contributed by atoms with Gasteiger partial charge in [0.25, 0.3) is 5.91 Å². The molecular formula is C24H23NO2. The summed E-state index contributed by atoms with van der Waals surface area (Å²) in [7, 11) is 0. The molecule has 1 atom stereocenters. The number of rotatable bonds is 4. The van der Waals surface area contributed by atoms with Crippen LogP contribution in [0.15, 0.2) is 84.9 Å². The third kappa shape index (κ3) is 4.09. The van der Waals surface area contributed by atoms with Gasteiger partial charge in [-0.1, -0.05) is 78.9 Å². The van der Waals surface area contributed by atoms with Crippen molar-refractivity contribution in [2.24, 2.45) is 0 Å². The number of hydrogen-bond acceptors (Lipinski definition) is 2. The molecule has 1 aliphatic heterocycles. The molecule has 1 saturated heterocycles. The molecule has 0 spiro atoms. The quantitative estimate of drug-likeness (QED) is 0.688. The average Bonchev–Trinajstić information content (AvgIpc) is 2.75. The monoisotopic (exact) mass is 357 g/mol. The second kappa shape index (κ2) is 8.19. The molecule has 0 aromatic heterocycles. The maximum Gasteiger partial charge on any atom is 0.254 e. The van der Waals surface area contributed by atoms with Gasteiger partial charge in [0.1, 0.15) is 6.10 Å². The van der Waals surface area contributed by atoms with E-state index in [1.54, 1.807) is 0 Å². The van der Waals surface area contributed by atoms with E-state index in [0.29, 0.717) is 19.7 Å². The second-order valence-corrected chi connectivity index (χ2v) is 6.84. The summed E-state index contributed by atoms with van der Waals surface area (Å²) in [6, 6.07) is 28.3. The van der Waals surface area contributed by atoms with Gasteiger partial charge >= 0.3 is 0 Å². The summed E-state index contributed by atoms with van der Waals surface area (Å²) in [5, 5.41) is 0. The molecule has 3 aromatic rings. The first-order chi connectivity index (χ1) is 13.3. The van der Waals surface area contributed by atoms with Gasteiger partial charge in [-0.2, -0.15) is 0 Å². The van der Waals surface area contributed by atoms with Gasteiger partial charge in [-0.25, -0.2) is 0 Å². The highest BCUT2D eigenvalue weighted by Crippen LogP contribution is 2.24. The zero-order valence-electron chi connectivity index (χ0n) is 15.3. The predicted octanol–water partition coefficient (Wildman–Crippen LogP) is 4.49. The minimum atomic E-state index is -0.0646. The van der Waals surface area contributed by atoms with E-state index in [9.17, 15) is 4.79 Å². The summed E-state index contributed by atoms with van der Waals surface area (Å²) in [5.74, 6) is 0.0887. The van der Waals surface area contributed by atoms with Crippen LogP contribution in [0.2, 0.25) is 0 Å². The predicted molar refractivity (Wildman–Crippen MR) is 107 cm³/mol. The van der Waals surface area contributed by atoms with Gasteiger partial charge in [-0.15, -0.1) is 0 Å². The SMILES string of the molecule is O=C(c1ccccc1Cc1ccccc1)N1CCO[C@H](c2ccccc2)C1. The number of carbonyl (C=O) groups excluding carboxylic acids is 1. The maximum atomic E-state index is 13.3. The Morgan fingerprint density at radius 3 is 2.33 bits per heavy atom. The first-order valence-corrected chi connectivity index (χ1v) is 9.39. The molecule has 1 heterocycles. The maximum absolute atomic E-state index is 13.3. The molecule has 0 unspecified atom stereocenters. The molecule has 27 heavy (non-hydrogen) atoms. The molecular weight excluding hydrogens is 334 g/mol. The molecule has 3 aromatic carbocycles. The molecule has 0 N–H and O–H groups in total. The van der Waals surface area contributed by atoms with Crippen molar-refractivity contribution in [3.8, 4) is 0 Å². The zero-order chi connectivity index (χ0) is 18.5. The fourth-order valence-corrected chi connectivity index (χ4v) is 3.57. The standard InChI is InChI=1S/C24H23NO2/c26-24(25-15-16-27-23(18-25)20-11-5-2-6-12-20)22-14-8-7-13-21(22)17-19-9-3-1-4-10-19/h1-14,23H,15-18H2/t23-/m0/s1. The smallest absolute Gasteiger partial charge is 0.254 e. The zero-order valence-corrected chi connectivity index (χ0v) is 15.3. The first-order valence-electron chi connectivity index (χ1n) is 9.39. The summed E-state index contributed by atoms with van der Waals surface area (Å²) in [6.07, 6.45) is 0.694. The molecule has 0 radical (unpaired) electrons. The minimum Gasteiger partial charge on any atom is -0.370 e. The number of nitrogens with zero attached hydrogens (tertiary/aromatic N) is 1. The molecule has 1 aliphatic rings. The number of ether oxygens (including phenoxy) is 1. The molecule has 0 saturated carbocycles. The van der Waals surface area contributed by atoms with Crippen molar-refractivity contribution in [3.63, 3.8) is 0 Å². The average molecular weight is 357 g/mol. The van der Waals surface area contributed by atoms with Crippen molar-refractivity contribution >= 4 is 5.91 Å². The van der Waals surface area contributed by atoms with Crippen molar-refractivity contribution in [3.05, 3.63) is 107 Å². The summed E-state index contributed by atoms with van der Waals surface area (Å²) in [6.45, 7) is 1.77. The van der Waals surface area contributed by atoms with Gasteiger partial charge < -0.3 is 9.64 Å². The van der Waals surface area contributed by atoms with E-state index in [0.717, 1.165) is 23.1 Å². The number of amides is 1. The van der Waals surface area contributed by atoms with Crippen molar-refractivity contribution in [2.75, 3.05) is 19.7 Å². The normalized spacial score (nSPS) is 16.9. The van der Waals surface area contributed by atoms with Crippen molar-refractivity contribution < 1.29 is 9.53 Å². The third-order valence-electron chi connectivity index (χ3n) is 5.01. The van der Waals surface area contributed by atoms with Crippen LogP contribution in [0.1, 0.15) is 33.2 Å². The van der Waals surface area contributed by atoms with Crippen LogP contribution in [0.5, 0.6) is 0 Å². The number of hydrogen-bond donors (Lipinski definition) is 0. The van der Waals surface area contributed by atoms with Crippen LogP contribution in [-0.4, -0.2) is 30.5 Å². The third-order valence-corrected chi connectivity index (χ3v) is 5.01. The highest BCUT2D eigenvalue weighted by atomic mass is 16.5. The summed E-state index contributed by atoms with van der Waals surface area (Å²) in [4.78, 5) is 15.2. The summed E-state index contributed by atoms with van der Waals surface area (Å²) in [5.41, 5.74) is 4.18. The summed E-state index contributed by atoms with van der Waals surface area (Å²) >= 11 is 0. The highest BCUT2D eigenvalue weighted by molar-refractivity contribution is 5.96. The van der Waals surface area contributed by atoms with Crippen LogP contribution >= 0.6 is 0 Å². The Kier molecular flexibility index (Phi) is 5.31. The van der Waals surface area contributed by atoms with E-state index in [1.165, 1.54) is 5.56 Å². The lowest BCUT2D eigenvalue weighted by Crippen LogP contribution is -2.42. The lowest BCUT2D eigenvalue weighted by Gasteiger charge is -2.33. The molecule has 0 bridgehead atoms. The number of benzene rings is 3. The van der Waals surface area contributed by atoms with Crippen molar-refractivity contribution in [1.82, 2.24) is 4.90 Å². The Bertz CT molecular complexity index is 893. The second-order valence-electron chi connectivity index (χ2n) is 6.84. The van der Waals surface area contributed by atoms with Gasteiger partial charge in [0.05, 0.1) is 13.2 Å². The first kappa shape index (κ1) is 17.5. The molecule has 4 rings (SSSR count). The van der Waals surface area contributed by atoms with Gasteiger partial charge in [-0.3, -0.25) is 4.79 Å². The Hall–Kier alpha value is -2.91. The van der Waals surface area contributed by atoms with E-state index in [1.807, 2.05) is 59.5 Å².